The fourth-order valence-electron chi connectivity index (χ4n) is 3.37. The molecule has 1 unspecified atom stereocenters. The van der Waals surface area contributed by atoms with Crippen LogP contribution in [0.25, 0.3) is 11.0 Å². The summed E-state index contributed by atoms with van der Waals surface area (Å²) in [7, 11) is 0. The fraction of sp³-hybridized carbons (Fsp3) is 0.500. The van der Waals surface area contributed by atoms with Crippen LogP contribution < -0.4 is 5.73 Å². The van der Waals surface area contributed by atoms with Crippen molar-refractivity contribution in [1.82, 2.24) is 9.55 Å². The third-order valence-corrected chi connectivity index (χ3v) is 4.40. The molecule has 0 saturated carbocycles. The van der Waals surface area contributed by atoms with Gasteiger partial charge in [-0.2, -0.15) is 0 Å². The van der Waals surface area contributed by atoms with Crippen molar-refractivity contribution in [3.8, 4) is 0 Å². The number of rotatable bonds is 5. The number of nitrogens with two attached hydrogens (primary N) is 1. The Morgan fingerprint density at radius 3 is 2.86 bits per heavy atom. The lowest BCUT2D eigenvalue weighted by Gasteiger charge is -2.17. The Morgan fingerprint density at radius 1 is 1.24 bits per heavy atom. The lowest BCUT2D eigenvalue weighted by atomic mass is 9.93. The number of fused-ring (bicyclic) bond motifs is 1. The zero-order chi connectivity index (χ0) is 14.7. The number of allylic oxidation sites excluding steroid dienone is 1. The molecule has 2 N–H and O–H groups in total. The van der Waals surface area contributed by atoms with Gasteiger partial charge >= 0.3 is 0 Å². The summed E-state index contributed by atoms with van der Waals surface area (Å²) < 4.78 is 2.30. The van der Waals surface area contributed by atoms with Gasteiger partial charge in [-0.25, -0.2) is 4.98 Å². The number of nitrogens with zero attached hydrogens (tertiary/aromatic N) is 2. The van der Waals surface area contributed by atoms with E-state index in [1.165, 1.54) is 31.2 Å². The molecule has 1 aromatic heterocycles. The first-order chi connectivity index (χ1) is 10.3. The maximum atomic E-state index is 6.39. The van der Waals surface area contributed by atoms with Gasteiger partial charge in [-0.3, -0.25) is 0 Å². The van der Waals surface area contributed by atoms with E-state index in [0.717, 1.165) is 30.7 Å². The molecule has 3 rings (SSSR count). The molecule has 1 atom stereocenters. The van der Waals surface area contributed by atoms with Gasteiger partial charge in [0.05, 0.1) is 11.0 Å². The second-order valence-electron chi connectivity index (χ2n) is 6.04. The molecule has 3 heteroatoms. The van der Waals surface area contributed by atoms with Crippen LogP contribution in [0.4, 0.5) is 0 Å². The molecule has 2 aromatic rings. The fourth-order valence-corrected chi connectivity index (χ4v) is 3.37. The first-order valence-corrected chi connectivity index (χ1v) is 8.15. The predicted octanol–water partition coefficient (Wildman–Crippen LogP) is 3.82. The van der Waals surface area contributed by atoms with Crippen molar-refractivity contribution in [3.05, 3.63) is 41.7 Å². The molecule has 0 amide bonds. The quantitative estimate of drug-likeness (QED) is 0.848. The van der Waals surface area contributed by atoms with E-state index in [1.807, 2.05) is 6.07 Å². The Kier molecular flexibility index (Phi) is 4.39. The molecule has 1 heterocycles. The summed E-state index contributed by atoms with van der Waals surface area (Å²) in [5, 5.41) is 0. The van der Waals surface area contributed by atoms with Crippen molar-refractivity contribution in [1.29, 1.82) is 0 Å². The monoisotopic (exact) mass is 283 g/mol. The van der Waals surface area contributed by atoms with Crippen molar-refractivity contribution in [2.45, 2.75) is 58.0 Å². The summed E-state index contributed by atoms with van der Waals surface area (Å²) in [5.41, 5.74) is 10.2. The predicted molar refractivity (Wildman–Crippen MR) is 88.3 cm³/mol. The zero-order valence-corrected chi connectivity index (χ0v) is 12.9. The highest BCUT2D eigenvalue weighted by Crippen LogP contribution is 2.23. The van der Waals surface area contributed by atoms with Gasteiger partial charge in [-0.15, -0.1) is 0 Å². The largest absolute Gasteiger partial charge is 0.328 e. The number of aromatic nitrogens is 2. The molecule has 1 aliphatic carbocycles. The minimum absolute atomic E-state index is 0.177. The minimum Gasteiger partial charge on any atom is -0.328 e. The molecule has 0 bridgehead atoms. The average Bonchev–Trinajstić information content (AvgIpc) is 2.85. The van der Waals surface area contributed by atoms with Crippen LogP contribution in [-0.4, -0.2) is 15.6 Å². The van der Waals surface area contributed by atoms with E-state index in [-0.39, 0.29) is 6.04 Å². The van der Waals surface area contributed by atoms with E-state index in [2.05, 4.69) is 35.8 Å². The standard InChI is InChI=1S/C18H25N3/c1-2-21-17-11-7-6-10-16(17)20-18(21)13-15(19)12-14-8-4-3-5-9-14/h6-8,10-11,15H,2-5,9,12-13,19H2,1H3. The molecule has 112 valence electrons. The molecule has 0 radical (unpaired) electrons. The molecular weight excluding hydrogens is 258 g/mol. The number of benzene rings is 1. The third kappa shape index (κ3) is 3.18. The van der Waals surface area contributed by atoms with E-state index in [1.54, 1.807) is 5.57 Å². The molecule has 0 aliphatic heterocycles. The first kappa shape index (κ1) is 14.3. The first-order valence-electron chi connectivity index (χ1n) is 8.15. The van der Waals surface area contributed by atoms with Gasteiger partial charge in [0.2, 0.25) is 0 Å². The molecule has 1 aliphatic rings. The lowest BCUT2D eigenvalue weighted by Crippen LogP contribution is -2.25. The van der Waals surface area contributed by atoms with Gasteiger partial charge in [0.15, 0.2) is 0 Å². The maximum absolute atomic E-state index is 6.39. The number of aryl methyl sites for hydroxylation is 1. The van der Waals surface area contributed by atoms with Crippen LogP contribution in [0, 0.1) is 0 Å². The van der Waals surface area contributed by atoms with Gasteiger partial charge in [-0.05, 0) is 51.2 Å². The molecule has 0 spiro atoms. The van der Waals surface area contributed by atoms with Crippen LogP contribution in [0.1, 0.15) is 44.9 Å². The summed E-state index contributed by atoms with van der Waals surface area (Å²) in [6, 6.07) is 8.53. The topological polar surface area (TPSA) is 43.8 Å². The summed E-state index contributed by atoms with van der Waals surface area (Å²) >= 11 is 0. The van der Waals surface area contributed by atoms with E-state index in [4.69, 9.17) is 10.7 Å². The van der Waals surface area contributed by atoms with Crippen molar-refractivity contribution in [2.24, 2.45) is 5.73 Å². The molecule has 0 saturated heterocycles. The minimum atomic E-state index is 0.177. The Bertz CT molecular complexity index is 639. The van der Waals surface area contributed by atoms with Gasteiger partial charge in [-0.1, -0.05) is 23.8 Å². The summed E-state index contributed by atoms with van der Waals surface area (Å²) in [5.74, 6) is 1.13. The Labute approximate surface area is 126 Å². The Balaban J connectivity index is 1.76. The van der Waals surface area contributed by atoms with Crippen LogP contribution in [-0.2, 0) is 13.0 Å². The molecule has 21 heavy (non-hydrogen) atoms. The van der Waals surface area contributed by atoms with Gasteiger partial charge in [0, 0.05) is 19.0 Å². The summed E-state index contributed by atoms with van der Waals surface area (Å²) in [4.78, 5) is 4.78. The van der Waals surface area contributed by atoms with Crippen LogP contribution in [0.3, 0.4) is 0 Å². The SMILES string of the molecule is CCn1c(CC(N)CC2=CCCCC2)nc2ccccc21. The Hall–Kier alpha value is -1.61. The molecule has 1 aromatic carbocycles. The normalized spacial score (nSPS) is 17.0. The number of hydrogen-bond donors (Lipinski definition) is 1. The zero-order valence-electron chi connectivity index (χ0n) is 12.9. The number of hydrogen-bond acceptors (Lipinski definition) is 2. The van der Waals surface area contributed by atoms with Crippen molar-refractivity contribution < 1.29 is 0 Å². The van der Waals surface area contributed by atoms with Crippen LogP contribution >= 0.6 is 0 Å². The van der Waals surface area contributed by atoms with Gasteiger partial charge in [0.1, 0.15) is 5.82 Å². The summed E-state index contributed by atoms with van der Waals surface area (Å²) in [6.07, 6.45) is 9.41. The van der Waals surface area contributed by atoms with Crippen molar-refractivity contribution in [2.75, 3.05) is 0 Å². The second kappa shape index (κ2) is 6.44. The number of imidazole rings is 1. The van der Waals surface area contributed by atoms with E-state index in [9.17, 15) is 0 Å². The van der Waals surface area contributed by atoms with Crippen molar-refractivity contribution >= 4 is 11.0 Å². The molecular formula is C18H25N3. The lowest BCUT2D eigenvalue weighted by molar-refractivity contribution is 0.578. The van der Waals surface area contributed by atoms with E-state index < -0.39 is 0 Å². The highest BCUT2D eigenvalue weighted by Gasteiger charge is 2.15. The van der Waals surface area contributed by atoms with Crippen LogP contribution in [0.15, 0.2) is 35.9 Å². The molecule has 3 nitrogen and oxygen atoms in total. The Morgan fingerprint density at radius 2 is 2.10 bits per heavy atom. The average molecular weight is 283 g/mol. The summed E-state index contributed by atoms with van der Waals surface area (Å²) in [6.45, 7) is 3.12. The smallest absolute Gasteiger partial charge is 0.111 e. The second-order valence-corrected chi connectivity index (χ2v) is 6.04. The van der Waals surface area contributed by atoms with E-state index >= 15 is 0 Å². The van der Waals surface area contributed by atoms with Crippen LogP contribution in [0.5, 0.6) is 0 Å². The molecule has 0 fully saturated rings. The highest BCUT2D eigenvalue weighted by molar-refractivity contribution is 5.75. The van der Waals surface area contributed by atoms with Gasteiger partial charge < -0.3 is 10.3 Å². The third-order valence-electron chi connectivity index (χ3n) is 4.40. The van der Waals surface area contributed by atoms with Gasteiger partial charge in [0.25, 0.3) is 0 Å². The number of para-hydroxylation sites is 2. The highest BCUT2D eigenvalue weighted by atomic mass is 15.1. The maximum Gasteiger partial charge on any atom is 0.111 e. The van der Waals surface area contributed by atoms with Crippen molar-refractivity contribution in [3.63, 3.8) is 0 Å². The van der Waals surface area contributed by atoms with Crippen LogP contribution in [0.2, 0.25) is 0 Å². The van der Waals surface area contributed by atoms with E-state index in [0.29, 0.717) is 0 Å².